The average Bonchev–Trinajstić information content (AvgIpc) is 3.38. The second-order valence-corrected chi connectivity index (χ2v) is 6.59. The first kappa shape index (κ1) is 15.1. The van der Waals surface area contributed by atoms with Gasteiger partial charge in [0.25, 0.3) is 0 Å². The van der Waals surface area contributed by atoms with Gasteiger partial charge in [-0.1, -0.05) is 30.3 Å². The van der Waals surface area contributed by atoms with Gasteiger partial charge in [-0.2, -0.15) is 0 Å². The van der Waals surface area contributed by atoms with Gasteiger partial charge in [-0.3, -0.25) is 9.59 Å². The molecule has 0 heterocycles. The van der Waals surface area contributed by atoms with Gasteiger partial charge in [0.2, 0.25) is 5.91 Å². The molecule has 0 aromatic heterocycles. The fraction of sp³-hybridized carbons (Fsp3) is 0.556. The number of aliphatic carboxylic acids is 1. The molecule has 2 saturated carbocycles. The third-order valence-electron chi connectivity index (χ3n) is 4.73. The largest absolute Gasteiger partial charge is 0.481 e. The van der Waals surface area contributed by atoms with Crippen molar-refractivity contribution in [3.63, 3.8) is 0 Å². The third-order valence-corrected chi connectivity index (χ3v) is 4.73. The summed E-state index contributed by atoms with van der Waals surface area (Å²) in [6.45, 7) is 1.13. The molecular formula is C18H23NO3. The van der Waals surface area contributed by atoms with Crippen LogP contribution in [-0.4, -0.2) is 28.4 Å². The molecule has 3 rings (SSSR count). The Bertz CT molecular complexity index is 539. The number of carboxylic acids is 1. The van der Waals surface area contributed by atoms with Gasteiger partial charge in [0.1, 0.15) is 0 Å². The smallest absolute Gasteiger partial charge is 0.303 e. The van der Waals surface area contributed by atoms with Crippen molar-refractivity contribution in [2.24, 2.45) is 17.8 Å². The summed E-state index contributed by atoms with van der Waals surface area (Å²) in [6.07, 6.45) is 4.25. The molecule has 1 amide bonds. The van der Waals surface area contributed by atoms with E-state index in [1.54, 1.807) is 0 Å². The molecule has 22 heavy (non-hydrogen) atoms. The van der Waals surface area contributed by atoms with Crippen LogP contribution >= 0.6 is 0 Å². The van der Waals surface area contributed by atoms with Crippen LogP contribution in [-0.2, 0) is 16.1 Å². The minimum absolute atomic E-state index is 0.120. The molecule has 1 aromatic rings. The van der Waals surface area contributed by atoms with Crippen molar-refractivity contribution in [3.8, 4) is 0 Å². The molecule has 0 radical (unpaired) electrons. The molecule has 4 heteroatoms. The SMILES string of the molecule is O=C(O)CCCN(Cc1ccccc1)C(=O)[C@H]1C[C@H]1C1CC1. The highest BCUT2D eigenvalue weighted by Crippen LogP contribution is 2.54. The van der Waals surface area contributed by atoms with Gasteiger partial charge >= 0.3 is 5.97 Å². The van der Waals surface area contributed by atoms with Crippen LogP contribution in [0, 0.1) is 17.8 Å². The fourth-order valence-corrected chi connectivity index (χ4v) is 3.27. The van der Waals surface area contributed by atoms with Crippen LogP contribution in [0.5, 0.6) is 0 Å². The quantitative estimate of drug-likeness (QED) is 0.803. The van der Waals surface area contributed by atoms with Crippen LogP contribution in [0.3, 0.4) is 0 Å². The monoisotopic (exact) mass is 301 g/mol. The number of carboxylic acid groups (broad SMARTS) is 1. The van der Waals surface area contributed by atoms with Crippen LogP contribution in [0.15, 0.2) is 30.3 Å². The summed E-state index contributed by atoms with van der Waals surface area (Å²) < 4.78 is 0. The molecule has 4 nitrogen and oxygen atoms in total. The zero-order chi connectivity index (χ0) is 15.5. The first-order valence-electron chi connectivity index (χ1n) is 8.19. The highest BCUT2D eigenvalue weighted by atomic mass is 16.4. The highest BCUT2D eigenvalue weighted by Gasteiger charge is 2.52. The average molecular weight is 301 g/mol. The molecule has 2 aliphatic carbocycles. The number of hydrogen-bond donors (Lipinski definition) is 1. The number of benzene rings is 1. The van der Waals surface area contributed by atoms with E-state index in [2.05, 4.69) is 0 Å². The van der Waals surface area contributed by atoms with Crippen LogP contribution in [0.4, 0.5) is 0 Å². The van der Waals surface area contributed by atoms with Gasteiger partial charge in [-0.05, 0) is 43.1 Å². The van der Waals surface area contributed by atoms with E-state index in [1.165, 1.54) is 12.8 Å². The maximum atomic E-state index is 12.7. The van der Waals surface area contributed by atoms with E-state index in [0.717, 1.165) is 17.9 Å². The van der Waals surface area contributed by atoms with Crippen molar-refractivity contribution in [1.29, 1.82) is 0 Å². The van der Waals surface area contributed by atoms with E-state index in [4.69, 9.17) is 5.11 Å². The lowest BCUT2D eigenvalue weighted by molar-refractivity contribution is -0.138. The Morgan fingerprint density at radius 3 is 2.55 bits per heavy atom. The third kappa shape index (κ3) is 3.87. The number of rotatable bonds is 8. The Kier molecular flexibility index (Phi) is 4.46. The molecule has 0 unspecified atom stereocenters. The second kappa shape index (κ2) is 6.51. The molecule has 2 fully saturated rings. The molecule has 1 N–H and O–H groups in total. The number of carbonyl (C=O) groups excluding carboxylic acids is 1. The van der Waals surface area contributed by atoms with E-state index in [9.17, 15) is 9.59 Å². The molecule has 0 spiro atoms. The molecule has 0 bridgehead atoms. The summed E-state index contributed by atoms with van der Waals surface area (Å²) in [4.78, 5) is 25.3. The Balaban J connectivity index is 1.60. The summed E-state index contributed by atoms with van der Waals surface area (Å²) in [5.41, 5.74) is 1.11. The summed E-state index contributed by atoms with van der Waals surface area (Å²) in [5.74, 6) is 1.01. The van der Waals surface area contributed by atoms with E-state index >= 15 is 0 Å². The Morgan fingerprint density at radius 1 is 1.18 bits per heavy atom. The number of carbonyl (C=O) groups is 2. The van der Waals surface area contributed by atoms with Gasteiger partial charge in [0.15, 0.2) is 0 Å². The predicted octanol–water partition coefficient (Wildman–Crippen LogP) is 2.93. The van der Waals surface area contributed by atoms with E-state index in [-0.39, 0.29) is 18.2 Å². The molecule has 0 saturated heterocycles. The van der Waals surface area contributed by atoms with E-state index in [1.807, 2.05) is 35.2 Å². The van der Waals surface area contributed by atoms with Crippen LogP contribution in [0.1, 0.15) is 37.7 Å². The minimum Gasteiger partial charge on any atom is -0.481 e. The molecule has 118 valence electrons. The number of amides is 1. The lowest BCUT2D eigenvalue weighted by Gasteiger charge is -2.23. The van der Waals surface area contributed by atoms with E-state index < -0.39 is 5.97 Å². The topological polar surface area (TPSA) is 57.6 Å². The normalized spacial score (nSPS) is 23.1. The van der Waals surface area contributed by atoms with Crippen LogP contribution in [0.2, 0.25) is 0 Å². The molecule has 2 aliphatic rings. The zero-order valence-corrected chi connectivity index (χ0v) is 12.8. The molecular weight excluding hydrogens is 278 g/mol. The lowest BCUT2D eigenvalue weighted by atomic mass is 10.1. The van der Waals surface area contributed by atoms with Gasteiger partial charge in [-0.25, -0.2) is 0 Å². The van der Waals surface area contributed by atoms with Gasteiger partial charge in [0, 0.05) is 25.4 Å². The van der Waals surface area contributed by atoms with E-state index in [0.29, 0.717) is 25.4 Å². The predicted molar refractivity (Wildman–Crippen MR) is 83.0 cm³/mol. The van der Waals surface area contributed by atoms with Gasteiger partial charge in [-0.15, -0.1) is 0 Å². The maximum absolute atomic E-state index is 12.7. The van der Waals surface area contributed by atoms with Gasteiger partial charge in [0.05, 0.1) is 0 Å². The minimum atomic E-state index is -0.797. The molecule has 1 aromatic carbocycles. The Labute approximate surface area is 131 Å². The summed E-state index contributed by atoms with van der Waals surface area (Å²) in [6, 6.07) is 9.94. The Morgan fingerprint density at radius 2 is 1.91 bits per heavy atom. The molecule has 2 atom stereocenters. The maximum Gasteiger partial charge on any atom is 0.303 e. The number of nitrogens with zero attached hydrogens (tertiary/aromatic N) is 1. The van der Waals surface area contributed by atoms with Crippen molar-refractivity contribution in [2.75, 3.05) is 6.54 Å². The van der Waals surface area contributed by atoms with Crippen LogP contribution in [0.25, 0.3) is 0 Å². The van der Waals surface area contributed by atoms with Crippen molar-refractivity contribution < 1.29 is 14.7 Å². The Hall–Kier alpha value is -1.84. The van der Waals surface area contributed by atoms with Crippen molar-refractivity contribution in [2.45, 2.75) is 38.6 Å². The van der Waals surface area contributed by atoms with Crippen molar-refractivity contribution >= 4 is 11.9 Å². The second-order valence-electron chi connectivity index (χ2n) is 6.59. The number of hydrogen-bond acceptors (Lipinski definition) is 2. The standard InChI is InChI=1S/C18H23NO3/c20-17(21)7-4-10-19(12-13-5-2-1-3-6-13)18(22)16-11-15(16)14-8-9-14/h1-3,5-6,14-16H,4,7-12H2,(H,20,21)/t15-,16-/m0/s1. The van der Waals surface area contributed by atoms with Crippen LogP contribution < -0.4 is 0 Å². The highest BCUT2D eigenvalue weighted by molar-refractivity contribution is 5.82. The summed E-state index contributed by atoms with van der Waals surface area (Å²) in [5, 5.41) is 8.80. The van der Waals surface area contributed by atoms with Gasteiger partial charge < -0.3 is 10.0 Å². The van der Waals surface area contributed by atoms with Crippen molar-refractivity contribution in [3.05, 3.63) is 35.9 Å². The molecule has 0 aliphatic heterocycles. The zero-order valence-electron chi connectivity index (χ0n) is 12.8. The summed E-state index contributed by atoms with van der Waals surface area (Å²) >= 11 is 0. The van der Waals surface area contributed by atoms with Crippen molar-refractivity contribution in [1.82, 2.24) is 4.90 Å². The fourth-order valence-electron chi connectivity index (χ4n) is 3.27. The first-order chi connectivity index (χ1) is 10.6. The lowest BCUT2D eigenvalue weighted by Crippen LogP contribution is -2.33. The first-order valence-corrected chi connectivity index (χ1v) is 8.19. The summed E-state index contributed by atoms with van der Waals surface area (Å²) in [7, 11) is 0.